The molecule has 2 N–H and O–H groups in total. The third-order valence-corrected chi connectivity index (χ3v) is 3.36. The Labute approximate surface area is 127 Å². The van der Waals surface area contributed by atoms with Gasteiger partial charge >= 0.3 is 5.97 Å². The lowest BCUT2D eigenvalue weighted by Gasteiger charge is -2.22. The highest BCUT2D eigenvalue weighted by Crippen LogP contribution is 2.17. The quantitative estimate of drug-likeness (QED) is 0.561. The lowest BCUT2D eigenvalue weighted by molar-refractivity contribution is -0.149. The maximum atomic E-state index is 11.7. The molecule has 1 rings (SSSR count). The smallest absolute Gasteiger partial charge is 0.325 e. The third kappa shape index (κ3) is 6.17. The minimum absolute atomic E-state index is 0.343. The number of benzene rings is 1. The average Bonchev–Trinajstić information content (AvgIpc) is 2.47. The molecule has 118 valence electrons. The number of ether oxygens (including phenoxy) is 2. The van der Waals surface area contributed by atoms with Crippen molar-refractivity contribution < 1.29 is 14.3 Å². The Balaban J connectivity index is 2.46. The van der Waals surface area contributed by atoms with E-state index in [0.717, 1.165) is 37.2 Å². The fourth-order valence-electron chi connectivity index (χ4n) is 1.89. The molecule has 0 fully saturated rings. The van der Waals surface area contributed by atoms with E-state index >= 15 is 0 Å². The van der Waals surface area contributed by atoms with E-state index in [0.29, 0.717) is 13.0 Å². The number of hydrogen-bond donors (Lipinski definition) is 1. The van der Waals surface area contributed by atoms with Gasteiger partial charge < -0.3 is 15.2 Å². The molecule has 0 aliphatic heterocycles. The Morgan fingerprint density at radius 1 is 1.24 bits per heavy atom. The molecule has 0 saturated carbocycles. The summed E-state index contributed by atoms with van der Waals surface area (Å²) in [7, 11) is 0. The maximum absolute atomic E-state index is 11.7. The fourth-order valence-corrected chi connectivity index (χ4v) is 1.89. The second kappa shape index (κ2) is 8.67. The van der Waals surface area contributed by atoms with Crippen LogP contribution in [0.15, 0.2) is 24.3 Å². The topological polar surface area (TPSA) is 61.5 Å². The van der Waals surface area contributed by atoms with E-state index in [4.69, 9.17) is 15.2 Å². The molecular formula is C17H27NO3. The van der Waals surface area contributed by atoms with Gasteiger partial charge in [0.25, 0.3) is 0 Å². The molecular weight excluding hydrogens is 266 g/mol. The van der Waals surface area contributed by atoms with Crippen LogP contribution >= 0.6 is 0 Å². The van der Waals surface area contributed by atoms with Crippen LogP contribution in [0, 0.1) is 0 Å². The molecule has 1 aromatic carbocycles. The van der Waals surface area contributed by atoms with Crippen LogP contribution < -0.4 is 10.5 Å². The molecule has 0 amide bonds. The summed E-state index contributed by atoms with van der Waals surface area (Å²) in [6, 6.07) is 7.96. The molecule has 1 aromatic rings. The predicted molar refractivity (Wildman–Crippen MR) is 84.4 cm³/mol. The number of unbranched alkanes of at least 4 members (excludes halogenated alkanes) is 1. The summed E-state index contributed by atoms with van der Waals surface area (Å²) in [4.78, 5) is 11.7. The van der Waals surface area contributed by atoms with Gasteiger partial charge in [0.05, 0.1) is 13.2 Å². The van der Waals surface area contributed by atoms with Crippen LogP contribution in [0.4, 0.5) is 0 Å². The number of hydrogen-bond acceptors (Lipinski definition) is 4. The molecule has 1 atom stereocenters. The summed E-state index contributed by atoms with van der Waals surface area (Å²) in [5, 5.41) is 0. The van der Waals surface area contributed by atoms with Gasteiger partial charge in [-0.25, -0.2) is 0 Å². The molecule has 0 aliphatic carbocycles. The highest BCUT2D eigenvalue weighted by Gasteiger charge is 2.29. The first-order chi connectivity index (χ1) is 9.99. The van der Waals surface area contributed by atoms with Gasteiger partial charge in [0, 0.05) is 0 Å². The van der Waals surface area contributed by atoms with Crippen molar-refractivity contribution in [1.82, 2.24) is 0 Å². The highest BCUT2D eigenvalue weighted by atomic mass is 16.5. The van der Waals surface area contributed by atoms with E-state index < -0.39 is 5.54 Å². The first-order valence-corrected chi connectivity index (χ1v) is 7.67. The average molecular weight is 293 g/mol. The van der Waals surface area contributed by atoms with Gasteiger partial charge in [-0.15, -0.1) is 0 Å². The van der Waals surface area contributed by atoms with Crippen LogP contribution in [-0.4, -0.2) is 24.7 Å². The second-order valence-electron chi connectivity index (χ2n) is 5.48. The van der Waals surface area contributed by atoms with Gasteiger partial charge in [-0.2, -0.15) is 0 Å². The molecule has 0 heterocycles. The third-order valence-electron chi connectivity index (χ3n) is 3.36. The van der Waals surface area contributed by atoms with Gasteiger partial charge in [-0.1, -0.05) is 25.5 Å². The van der Waals surface area contributed by atoms with Gasteiger partial charge in [0.15, 0.2) is 0 Å². The first kappa shape index (κ1) is 17.5. The molecule has 21 heavy (non-hydrogen) atoms. The van der Waals surface area contributed by atoms with Crippen molar-refractivity contribution in [3.8, 4) is 5.75 Å². The monoisotopic (exact) mass is 293 g/mol. The molecule has 0 saturated heterocycles. The molecule has 0 aromatic heterocycles. The van der Waals surface area contributed by atoms with Crippen molar-refractivity contribution in [2.45, 2.75) is 52.0 Å². The van der Waals surface area contributed by atoms with Crippen molar-refractivity contribution in [2.24, 2.45) is 5.73 Å². The van der Waals surface area contributed by atoms with E-state index in [1.54, 1.807) is 13.8 Å². The lowest BCUT2D eigenvalue weighted by atomic mass is 9.94. The highest BCUT2D eigenvalue weighted by molar-refractivity contribution is 5.79. The van der Waals surface area contributed by atoms with Gasteiger partial charge in [0.2, 0.25) is 0 Å². The molecule has 4 nitrogen and oxygen atoms in total. The normalized spacial score (nSPS) is 13.5. The first-order valence-electron chi connectivity index (χ1n) is 7.67. The minimum Gasteiger partial charge on any atom is -0.494 e. The zero-order valence-corrected chi connectivity index (χ0v) is 13.4. The maximum Gasteiger partial charge on any atom is 0.325 e. The predicted octanol–water partition coefficient (Wildman–Crippen LogP) is 3.08. The molecule has 0 radical (unpaired) electrons. The molecule has 0 aliphatic rings. The standard InChI is InChI=1S/C17H27NO3/c1-4-6-13-21-15-9-7-14(8-10-15)11-12-17(3,18)16(19)20-5-2/h7-10H,4-6,11-13,18H2,1-3H3/t17-/m1/s1. The van der Waals surface area contributed by atoms with Crippen LogP contribution in [0.25, 0.3) is 0 Å². The fraction of sp³-hybridized carbons (Fsp3) is 0.588. The van der Waals surface area contributed by atoms with Crippen molar-refractivity contribution in [3.63, 3.8) is 0 Å². The van der Waals surface area contributed by atoms with Crippen LogP contribution in [0.3, 0.4) is 0 Å². The summed E-state index contributed by atoms with van der Waals surface area (Å²) in [5.74, 6) is 0.539. The number of carbonyl (C=O) groups excluding carboxylic acids is 1. The number of rotatable bonds is 9. The molecule has 0 unspecified atom stereocenters. The van der Waals surface area contributed by atoms with Crippen LogP contribution in [-0.2, 0) is 16.0 Å². The van der Waals surface area contributed by atoms with E-state index in [2.05, 4.69) is 6.92 Å². The summed E-state index contributed by atoms with van der Waals surface area (Å²) in [5.41, 5.74) is 6.21. The zero-order valence-electron chi connectivity index (χ0n) is 13.4. The van der Waals surface area contributed by atoms with Crippen molar-refractivity contribution >= 4 is 5.97 Å². The SMILES string of the molecule is CCCCOc1ccc(CC[C@@](C)(N)C(=O)OCC)cc1. The Kier molecular flexibility index (Phi) is 7.23. The van der Waals surface area contributed by atoms with E-state index in [1.807, 2.05) is 24.3 Å². The van der Waals surface area contributed by atoms with Crippen molar-refractivity contribution in [3.05, 3.63) is 29.8 Å². The number of aryl methyl sites for hydroxylation is 1. The molecule has 0 bridgehead atoms. The van der Waals surface area contributed by atoms with Crippen LogP contribution in [0.2, 0.25) is 0 Å². The van der Waals surface area contributed by atoms with Gasteiger partial charge in [0.1, 0.15) is 11.3 Å². The summed E-state index contributed by atoms with van der Waals surface area (Å²) < 4.78 is 10.6. The van der Waals surface area contributed by atoms with Crippen LogP contribution in [0.5, 0.6) is 5.75 Å². The number of nitrogens with two attached hydrogens (primary N) is 1. The van der Waals surface area contributed by atoms with Gasteiger partial charge in [-0.05, 0) is 50.8 Å². The number of carbonyl (C=O) groups is 1. The van der Waals surface area contributed by atoms with E-state index in [9.17, 15) is 4.79 Å². The Bertz CT molecular complexity index is 426. The molecule has 0 spiro atoms. The summed E-state index contributed by atoms with van der Waals surface area (Å²) >= 11 is 0. The van der Waals surface area contributed by atoms with E-state index in [-0.39, 0.29) is 5.97 Å². The van der Waals surface area contributed by atoms with Crippen molar-refractivity contribution in [1.29, 1.82) is 0 Å². The van der Waals surface area contributed by atoms with E-state index in [1.165, 1.54) is 0 Å². The lowest BCUT2D eigenvalue weighted by Crippen LogP contribution is -2.46. The Morgan fingerprint density at radius 2 is 1.90 bits per heavy atom. The second-order valence-corrected chi connectivity index (χ2v) is 5.48. The zero-order chi connectivity index (χ0) is 15.7. The summed E-state index contributed by atoms with van der Waals surface area (Å²) in [6.45, 7) is 6.74. The minimum atomic E-state index is -0.938. The molecule has 4 heteroatoms. The Morgan fingerprint density at radius 3 is 2.48 bits per heavy atom. The number of esters is 1. The largest absolute Gasteiger partial charge is 0.494 e. The Hall–Kier alpha value is -1.55. The van der Waals surface area contributed by atoms with Crippen molar-refractivity contribution in [2.75, 3.05) is 13.2 Å². The van der Waals surface area contributed by atoms with Crippen LogP contribution in [0.1, 0.15) is 45.6 Å². The summed E-state index contributed by atoms with van der Waals surface area (Å²) in [6.07, 6.45) is 3.48. The van der Waals surface area contributed by atoms with Gasteiger partial charge in [-0.3, -0.25) is 4.79 Å².